The summed E-state index contributed by atoms with van der Waals surface area (Å²) in [7, 11) is 0. The van der Waals surface area contributed by atoms with Gasteiger partial charge < -0.3 is 35.7 Å². The number of carboxylic acid groups (broad SMARTS) is 5. The standard InChI is InChI=1S/C27H39Cl2N5O11/c28-5-7-34(8-6-29)20-3-1-19(2-4-20)13-21(27(44)45)30-22(35)14-32(16-24(38)39)11-9-31(15-23(36)37)10-12-33(17-25(40)41)18-26(42)43/h1-4,21H,5-18H2,(H,30,35)(H,36,37)(H,38,39)(H,40,41)(H,42,43)(H,44,45)/t21-/m0/s1. The van der Waals surface area contributed by atoms with E-state index in [-0.39, 0.29) is 32.6 Å². The monoisotopic (exact) mass is 679 g/mol. The maximum absolute atomic E-state index is 12.8. The normalized spacial score (nSPS) is 11.8. The van der Waals surface area contributed by atoms with E-state index in [4.69, 9.17) is 33.4 Å². The third-order valence-electron chi connectivity index (χ3n) is 6.35. The van der Waals surface area contributed by atoms with Crippen molar-refractivity contribution in [3.8, 4) is 0 Å². The fourth-order valence-corrected chi connectivity index (χ4v) is 4.73. The number of carbonyl (C=O) groups excluding carboxylic acids is 1. The molecular formula is C27H39Cl2N5O11. The molecule has 0 saturated heterocycles. The predicted octanol–water partition coefficient (Wildman–Crippen LogP) is -0.673. The maximum atomic E-state index is 12.8. The van der Waals surface area contributed by atoms with Gasteiger partial charge in [0.15, 0.2) is 0 Å². The van der Waals surface area contributed by atoms with Crippen molar-refractivity contribution < 1.29 is 54.3 Å². The van der Waals surface area contributed by atoms with Crippen LogP contribution in [0.25, 0.3) is 0 Å². The van der Waals surface area contributed by atoms with Gasteiger partial charge in [-0.15, -0.1) is 23.2 Å². The molecule has 0 fully saturated rings. The van der Waals surface area contributed by atoms with Crippen molar-refractivity contribution in [1.29, 1.82) is 0 Å². The number of hydrogen-bond acceptors (Lipinski definition) is 10. The van der Waals surface area contributed by atoms with Crippen molar-refractivity contribution in [2.24, 2.45) is 0 Å². The number of aliphatic carboxylic acids is 5. The Hall–Kier alpha value is -3.70. The summed E-state index contributed by atoms with van der Waals surface area (Å²) in [5.41, 5.74) is 1.46. The van der Waals surface area contributed by atoms with Gasteiger partial charge in [-0.1, -0.05) is 12.1 Å². The third kappa shape index (κ3) is 17.4. The minimum atomic E-state index is -1.32. The minimum Gasteiger partial charge on any atom is -0.480 e. The number of amides is 1. The van der Waals surface area contributed by atoms with Crippen molar-refractivity contribution in [1.82, 2.24) is 20.0 Å². The summed E-state index contributed by atoms with van der Waals surface area (Å²) in [6.45, 7) is -2.04. The predicted molar refractivity (Wildman–Crippen MR) is 163 cm³/mol. The molecule has 16 nitrogen and oxygen atoms in total. The highest BCUT2D eigenvalue weighted by molar-refractivity contribution is 6.18. The molecule has 1 atom stereocenters. The summed E-state index contributed by atoms with van der Waals surface area (Å²) in [6, 6.07) is 5.68. The molecule has 0 aliphatic rings. The SMILES string of the molecule is O=C(O)CN(CCN(CC(=O)O)CC(=O)O)CCN(CC(=O)O)CC(=O)N[C@@H](Cc1ccc(N(CCCl)CCCl)cc1)C(=O)O. The Kier molecular flexibility index (Phi) is 18.4. The Morgan fingerprint density at radius 2 is 1.00 bits per heavy atom. The van der Waals surface area contributed by atoms with E-state index in [1.54, 1.807) is 24.3 Å². The Balaban J connectivity index is 2.89. The van der Waals surface area contributed by atoms with Crippen molar-refractivity contribution >= 4 is 64.6 Å². The van der Waals surface area contributed by atoms with Crippen LogP contribution in [-0.4, -0.2) is 166 Å². The smallest absolute Gasteiger partial charge is 0.326 e. The number of hydrogen-bond donors (Lipinski definition) is 6. The summed E-state index contributed by atoms with van der Waals surface area (Å²) >= 11 is 11.7. The van der Waals surface area contributed by atoms with Crippen LogP contribution in [0.3, 0.4) is 0 Å². The second-order valence-electron chi connectivity index (χ2n) is 9.97. The van der Waals surface area contributed by atoms with Crippen molar-refractivity contribution in [2.75, 3.05) is 88.7 Å². The van der Waals surface area contributed by atoms with Gasteiger partial charge in [-0.25, -0.2) is 4.79 Å². The number of nitrogens with zero attached hydrogens (tertiary/aromatic N) is 4. The molecule has 1 rings (SSSR count). The number of anilines is 1. The Labute approximate surface area is 269 Å². The van der Waals surface area contributed by atoms with E-state index in [0.29, 0.717) is 30.4 Å². The molecule has 0 aliphatic heterocycles. The lowest BCUT2D eigenvalue weighted by Gasteiger charge is -2.28. The Morgan fingerprint density at radius 3 is 1.40 bits per heavy atom. The van der Waals surface area contributed by atoms with Gasteiger partial charge in [0.1, 0.15) is 6.04 Å². The molecule has 0 bridgehead atoms. The zero-order valence-electron chi connectivity index (χ0n) is 24.5. The number of nitrogens with one attached hydrogen (secondary N) is 1. The molecule has 0 aliphatic carbocycles. The summed E-state index contributed by atoms with van der Waals surface area (Å²) in [5.74, 6) is -6.35. The van der Waals surface area contributed by atoms with Crippen LogP contribution < -0.4 is 10.2 Å². The summed E-state index contributed by atoms with van der Waals surface area (Å²) in [6.07, 6.45) is -0.0547. The first-order valence-corrected chi connectivity index (χ1v) is 14.8. The fourth-order valence-electron chi connectivity index (χ4n) is 4.32. The van der Waals surface area contributed by atoms with Gasteiger partial charge in [0.2, 0.25) is 5.91 Å². The fraction of sp³-hybridized carbons (Fsp3) is 0.556. The molecule has 1 aromatic carbocycles. The van der Waals surface area contributed by atoms with Gasteiger partial charge in [-0.05, 0) is 17.7 Å². The van der Waals surface area contributed by atoms with Crippen LogP contribution in [-0.2, 0) is 35.2 Å². The summed E-state index contributed by atoms with van der Waals surface area (Å²) in [5, 5.41) is 48.7. The molecule has 1 amide bonds. The van der Waals surface area contributed by atoms with Crippen LogP contribution in [0.15, 0.2) is 24.3 Å². The number of benzene rings is 1. The minimum absolute atomic E-state index is 0.0547. The lowest BCUT2D eigenvalue weighted by Crippen LogP contribution is -2.49. The largest absolute Gasteiger partial charge is 0.480 e. The number of rotatable bonds is 25. The van der Waals surface area contributed by atoms with E-state index < -0.39 is 74.5 Å². The Bertz CT molecular complexity index is 1120. The third-order valence-corrected chi connectivity index (χ3v) is 6.69. The van der Waals surface area contributed by atoms with E-state index >= 15 is 0 Å². The average Bonchev–Trinajstić information content (AvgIpc) is 2.93. The molecule has 0 unspecified atom stereocenters. The van der Waals surface area contributed by atoms with Crippen LogP contribution in [0, 0.1) is 0 Å². The zero-order chi connectivity index (χ0) is 33.9. The first kappa shape index (κ1) is 39.3. The van der Waals surface area contributed by atoms with Crippen molar-refractivity contribution in [2.45, 2.75) is 12.5 Å². The second kappa shape index (κ2) is 21.1. The van der Waals surface area contributed by atoms with Crippen LogP contribution in [0.1, 0.15) is 5.56 Å². The Morgan fingerprint density at radius 1 is 0.600 bits per heavy atom. The van der Waals surface area contributed by atoms with Crippen LogP contribution in [0.5, 0.6) is 0 Å². The molecule has 6 N–H and O–H groups in total. The average molecular weight is 681 g/mol. The van der Waals surface area contributed by atoms with Crippen molar-refractivity contribution in [3.05, 3.63) is 29.8 Å². The first-order valence-electron chi connectivity index (χ1n) is 13.8. The molecule has 1 aromatic rings. The van der Waals surface area contributed by atoms with Gasteiger partial charge >= 0.3 is 29.8 Å². The molecule has 0 spiro atoms. The zero-order valence-corrected chi connectivity index (χ0v) is 26.0. The lowest BCUT2D eigenvalue weighted by atomic mass is 10.1. The molecule has 0 radical (unpaired) electrons. The van der Waals surface area contributed by atoms with Crippen LogP contribution in [0.2, 0.25) is 0 Å². The van der Waals surface area contributed by atoms with Crippen LogP contribution >= 0.6 is 23.2 Å². The molecule has 0 saturated carbocycles. The molecule has 0 aromatic heterocycles. The summed E-state index contributed by atoms with van der Waals surface area (Å²) in [4.78, 5) is 75.2. The molecule has 252 valence electrons. The van der Waals surface area contributed by atoms with Gasteiger partial charge in [-0.2, -0.15) is 0 Å². The number of halogens is 2. The van der Waals surface area contributed by atoms with E-state index in [1.165, 1.54) is 9.80 Å². The van der Waals surface area contributed by atoms with Crippen molar-refractivity contribution in [3.63, 3.8) is 0 Å². The van der Waals surface area contributed by atoms with Gasteiger partial charge in [0.05, 0.1) is 32.7 Å². The molecular weight excluding hydrogens is 641 g/mol. The van der Waals surface area contributed by atoms with E-state index in [0.717, 1.165) is 10.6 Å². The van der Waals surface area contributed by atoms with E-state index in [2.05, 4.69) is 5.32 Å². The van der Waals surface area contributed by atoms with Gasteiger partial charge in [-0.3, -0.25) is 38.7 Å². The lowest BCUT2D eigenvalue weighted by molar-refractivity contribution is -0.143. The molecule has 0 heterocycles. The number of carbonyl (C=O) groups is 6. The maximum Gasteiger partial charge on any atom is 0.326 e. The number of alkyl halides is 2. The second-order valence-corrected chi connectivity index (χ2v) is 10.7. The van der Waals surface area contributed by atoms with Gasteiger partial charge in [0, 0.05) is 63.1 Å². The highest BCUT2D eigenvalue weighted by Gasteiger charge is 2.24. The molecule has 18 heteroatoms. The topological polar surface area (TPSA) is 229 Å². The summed E-state index contributed by atoms with van der Waals surface area (Å²) < 4.78 is 0. The van der Waals surface area contributed by atoms with Crippen LogP contribution in [0.4, 0.5) is 5.69 Å². The highest BCUT2D eigenvalue weighted by Crippen LogP contribution is 2.17. The van der Waals surface area contributed by atoms with E-state index in [9.17, 15) is 44.1 Å². The molecule has 45 heavy (non-hydrogen) atoms. The number of carboxylic acids is 5. The quantitative estimate of drug-likeness (QED) is 0.0704. The van der Waals surface area contributed by atoms with E-state index in [1.807, 2.05) is 4.90 Å². The first-order chi connectivity index (χ1) is 21.2. The van der Waals surface area contributed by atoms with Gasteiger partial charge in [0.25, 0.3) is 0 Å². The highest BCUT2D eigenvalue weighted by atomic mass is 35.5.